The second kappa shape index (κ2) is 7.54. The number of aromatic nitrogens is 4. The molecule has 3 aromatic heterocycles. The zero-order valence-electron chi connectivity index (χ0n) is 17.3. The van der Waals surface area contributed by atoms with Gasteiger partial charge in [-0.2, -0.15) is 5.10 Å². The number of benzene rings is 1. The third kappa shape index (κ3) is 4.04. The van der Waals surface area contributed by atoms with Crippen LogP contribution in [0.3, 0.4) is 0 Å². The number of fused-ring (bicyclic) bond motifs is 1. The van der Waals surface area contributed by atoms with Crippen LogP contribution >= 0.6 is 11.6 Å². The van der Waals surface area contributed by atoms with E-state index in [1.807, 2.05) is 70.3 Å². The van der Waals surface area contributed by atoms with Crippen LogP contribution in [-0.2, 0) is 4.79 Å². The molecule has 0 radical (unpaired) electrons. The smallest absolute Gasteiger partial charge is 0.229 e. The summed E-state index contributed by atoms with van der Waals surface area (Å²) in [6.07, 6.45) is 3.57. The van der Waals surface area contributed by atoms with Crippen molar-refractivity contribution in [2.75, 3.05) is 5.32 Å². The van der Waals surface area contributed by atoms with Gasteiger partial charge >= 0.3 is 0 Å². The summed E-state index contributed by atoms with van der Waals surface area (Å²) in [5.41, 5.74) is 5.38. The van der Waals surface area contributed by atoms with E-state index in [9.17, 15) is 4.79 Å². The van der Waals surface area contributed by atoms with Crippen molar-refractivity contribution in [1.29, 1.82) is 0 Å². The topological polar surface area (TPSA) is 72.2 Å². The number of imidazole rings is 1. The Morgan fingerprint density at radius 2 is 1.80 bits per heavy atom. The number of pyridine rings is 1. The lowest BCUT2D eigenvalue weighted by Crippen LogP contribution is -2.27. The highest BCUT2D eigenvalue weighted by atomic mass is 35.5. The number of carbonyl (C=O) groups is 1. The number of anilines is 1. The van der Waals surface area contributed by atoms with Gasteiger partial charge in [-0.25, -0.2) is 14.5 Å². The average molecular weight is 420 g/mol. The molecule has 0 atom stereocenters. The highest BCUT2D eigenvalue weighted by Crippen LogP contribution is 2.27. The zero-order chi connectivity index (χ0) is 21.5. The van der Waals surface area contributed by atoms with Crippen molar-refractivity contribution < 1.29 is 4.79 Å². The Kier molecular flexibility index (Phi) is 5.03. The van der Waals surface area contributed by atoms with Crippen LogP contribution in [0.1, 0.15) is 26.3 Å². The summed E-state index contributed by atoms with van der Waals surface area (Å²) in [6, 6.07) is 13.4. The summed E-state index contributed by atoms with van der Waals surface area (Å²) >= 11 is 5.87. The van der Waals surface area contributed by atoms with E-state index < -0.39 is 5.41 Å². The molecule has 0 fully saturated rings. The second-order valence-electron chi connectivity index (χ2n) is 8.25. The van der Waals surface area contributed by atoms with Gasteiger partial charge in [-0.1, -0.05) is 44.5 Å². The summed E-state index contributed by atoms with van der Waals surface area (Å²) in [5.74, 6) is -0.0272. The van der Waals surface area contributed by atoms with Gasteiger partial charge in [0.25, 0.3) is 0 Å². The molecule has 0 unspecified atom stereocenters. The standard InChI is InChI=1S/C23H22ClN5O/c1-14-5-6-15(11-18(14)27-22(30)23(2,3)4)19-13-29-21(26-19)10-8-17(28-29)16-7-9-20(24)25-12-16/h5-13H,1-4H3,(H,27,30). The molecule has 1 aromatic carbocycles. The fourth-order valence-electron chi connectivity index (χ4n) is 2.93. The summed E-state index contributed by atoms with van der Waals surface area (Å²) in [7, 11) is 0. The van der Waals surface area contributed by atoms with Crippen molar-refractivity contribution in [3.63, 3.8) is 0 Å². The predicted octanol–water partition coefficient (Wildman–Crippen LogP) is 5.40. The molecule has 0 saturated heterocycles. The predicted molar refractivity (Wildman–Crippen MR) is 119 cm³/mol. The third-order valence-electron chi connectivity index (χ3n) is 4.81. The molecule has 0 aliphatic rings. The average Bonchev–Trinajstić information content (AvgIpc) is 3.12. The highest BCUT2D eigenvalue weighted by Gasteiger charge is 2.22. The molecule has 0 aliphatic carbocycles. The zero-order valence-corrected chi connectivity index (χ0v) is 18.0. The Labute approximate surface area is 179 Å². The van der Waals surface area contributed by atoms with Crippen LogP contribution < -0.4 is 5.32 Å². The number of aryl methyl sites for hydroxylation is 1. The Morgan fingerprint density at radius 1 is 1.03 bits per heavy atom. The summed E-state index contributed by atoms with van der Waals surface area (Å²) in [4.78, 5) is 21.2. The maximum atomic E-state index is 12.4. The lowest BCUT2D eigenvalue weighted by molar-refractivity contribution is -0.123. The summed E-state index contributed by atoms with van der Waals surface area (Å²) in [6.45, 7) is 7.65. The maximum absolute atomic E-state index is 12.4. The number of hydrogen-bond donors (Lipinski definition) is 1. The largest absolute Gasteiger partial charge is 0.325 e. The van der Waals surface area contributed by atoms with Crippen molar-refractivity contribution in [1.82, 2.24) is 19.6 Å². The molecule has 3 heterocycles. The molecule has 4 aromatic rings. The van der Waals surface area contributed by atoms with Crippen molar-refractivity contribution in [3.05, 3.63) is 65.6 Å². The number of nitrogens with one attached hydrogen (secondary N) is 1. The van der Waals surface area contributed by atoms with E-state index in [-0.39, 0.29) is 5.91 Å². The van der Waals surface area contributed by atoms with Gasteiger partial charge in [-0.3, -0.25) is 4.79 Å². The Balaban J connectivity index is 1.68. The van der Waals surface area contributed by atoms with Crippen molar-refractivity contribution in [2.45, 2.75) is 27.7 Å². The lowest BCUT2D eigenvalue weighted by Gasteiger charge is -2.19. The van der Waals surface area contributed by atoms with Crippen LogP contribution in [0.25, 0.3) is 28.2 Å². The first-order chi connectivity index (χ1) is 14.2. The first-order valence-corrected chi connectivity index (χ1v) is 9.99. The molecule has 6 nitrogen and oxygen atoms in total. The van der Waals surface area contributed by atoms with Crippen LogP contribution in [0.2, 0.25) is 5.15 Å². The van der Waals surface area contributed by atoms with E-state index in [1.54, 1.807) is 16.8 Å². The summed E-state index contributed by atoms with van der Waals surface area (Å²) < 4.78 is 1.74. The quantitative estimate of drug-likeness (QED) is 0.451. The number of nitrogens with zero attached hydrogens (tertiary/aromatic N) is 4. The minimum absolute atomic E-state index is 0.0272. The van der Waals surface area contributed by atoms with E-state index in [0.29, 0.717) is 5.15 Å². The van der Waals surface area contributed by atoms with Crippen LogP contribution in [0.15, 0.2) is 54.9 Å². The number of carbonyl (C=O) groups excluding carboxylic acids is 1. The van der Waals surface area contributed by atoms with Crippen LogP contribution in [0.4, 0.5) is 5.69 Å². The molecular weight excluding hydrogens is 398 g/mol. The van der Waals surface area contributed by atoms with Crippen LogP contribution in [0, 0.1) is 12.3 Å². The van der Waals surface area contributed by atoms with Gasteiger partial charge in [-0.05, 0) is 42.8 Å². The molecular formula is C23H22ClN5O. The molecule has 1 amide bonds. The second-order valence-corrected chi connectivity index (χ2v) is 8.64. The molecule has 30 heavy (non-hydrogen) atoms. The van der Waals surface area contributed by atoms with Crippen molar-refractivity contribution in [2.24, 2.45) is 5.41 Å². The number of hydrogen-bond acceptors (Lipinski definition) is 4. The molecule has 1 N–H and O–H groups in total. The number of halogens is 1. The Bertz CT molecular complexity index is 1240. The minimum atomic E-state index is -0.470. The monoisotopic (exact) mass is 419 g/mol. The van der Waals surface area contributed by atoms with E-state index in [1.165, 1.54) is 0 Å². The van der Waals surface area contributed by atoms with E-state index >= 15 is 0 Å². The van der Waals surface area contributed by atoms with Gasteiger partial charge in [0.05, 0.1) is 17.6 Å². The normalized spacial score (nSPS) is 11.6. The molecule has 152 valence electrons. The fraction of sp³-hybridized carbons (Fsp3) is 0.217. The van der Waals surface area contributed by atoms with Gasteiger partial charge in [-0.15, -0.1) is 0 Å². The maximum Gasteiger partial charge on any atom is 0.229 e. The van der Waals surface area contributed by atoms with Gasteiger partial charge in [0.1, 0.15) is 5.15 Å². The Hall–Kier alpha value is -3.25. The Morgan fingerprint density at radius 3 is 2.50 bits per heavy atom. The number of amides is 1. The molecule has 0 saturated carbocycles. The van der Waals surface area contributed by atoms with Gasteiger partial charge in [0, 0.05) is 28.4 Å². The fourth-order valence-corrected chi connectivity index (χ4v) is 3.04. The number of rotatable bonds is 3. The lowest BCUT2D eigenvalue weighted by atomic mass is 9.95. The molecule has 4 rings (SSSR count). The first kappa shape index (κ1) is 20.0. The minimum Gasteiger partial charge on any atom is -0.325 e. The SMILES string of the molecule is Cc1ccc(-c2cn3nc(-c4ccc(Cl)nc4)ccc3n2)cc1NC(=O)C(C)(C)C. The highest BCUT2D eigenvalue weighted by molar-refractivity contribution is 6.29. The van der Waals surface area contributed by atoms with Crippen molar-refractivity contribution in [3.8, 4) is 22.5 Å². The third-order valence-corrected chi connectivity index (χ3v) is 5.03. The molecule has 7 heteroatoms. The summed E-state index contributed by atoms with van der Waals surface area (Å²) in [5, 5.41) is 8.11. The molecule has 0 bridgehead atoms. The van der Waals surface area contributed by atoms with Crippen molar-refractivity contribution >= 4 is 28.8 Å². The van der Waals surface area contributed by atoms with Gasteiger partial charge in [0.15, 0.2) is 5.65 Å². The van der Waals surface area contributed by atoms with Crippen LogP contribution in [-0.4, -0.2) is 25.5 Å². The van der Waals surface area contributed by atoms with E-state index in [4.69, 9.17) is 11.6 Å². The van der Waals surface area contributed by atoms with Gasteiger partial charge in [0.2, 0.25) is 5.91 Å². The van der Waals surface area contributed by atoms with E-state index in [2.05, 4.69) is 20.4 Å². The first-order valence-electron chi connectivity index (χ1n) is 9.61. The molecule has 0 spiro atoms. The van der Waals surface area contributed by atoms with Gasteiger partial charge < -0.3 is 5.32 Å². The van der Waals surface area contributed by atoms with Crippen LogP contribution in [0.5, 0.6) is 0 Å². The molecule has 0 aliphatic heterocycles. The van der Waals surface area contributed by atoms with E-state index in [0.717, 1.165) is 39.4 Å².